The Labute approximate surface area is 135 Å². The average Bonchev–Trinajstić information content (AvgIpc) is 2.77. The number of rotatable bonds is 4. The lowest BCUT2D eigenvalue weighted by Crippen LogP contribution is -2.44. The maximum Gasteiger partial charge on any atom is 0.313 e. The van der Waals surface area contributed by atoms with Gasteiger partial charge in [0.05, 0.1) is 11.1 Å². The molecule has 0 bridgehead atoms. The molecule has 1 aromatic rings. The van der Waals surface area contributed by atoms with Crippen LogP contribution >= 0.6 is 0 Å². The van der Waals surface area contributed by atoms with E-state index < -0.39 is 21.4 Å². The van der Waals surface area contributed by atoms with Crippen LogP contribution in [0.25, 0.3) is 0 Å². The average molecular weight is 339 g/mol. The summed E-state index contributed by atoms with van der Waals surface area (Å²) in [6.45, 7) is 2.28. The van der Waals surface area contributed by atoms with Crippen LogP contribution in [0.3, 0.4) is 0 Å². The zero-order chi connectivity index (χ0) is 16.8. The summed E-state index contributed by atoms with van der Waals surface area (Å²) in [6.07, 6.45) is 4.49. The highest BCUT2D eigenvalue weighted by Gasteiger charge is 2.48. The molecule has 0 aromatic carbocycles. The predicted octanol–water partition coefficient (Wildman–Crippen LogP) is 1.30. The molecule has 0 amide bonds. The first-order valence-electron chi connectivity index (χ1n) is 7.71. The van der Waals surface area contributed by atoms with Gasteiger partial charge in [0.2, 0.25) is 0 Å². The first kappa shape index (κ1) is 16.2. The van der Waals surface area contributed by atoms with E-state index >= 15 is 0 Å². The molecule has 1 fully saturated rings. The van der Waals surface area contributed by atoms with E-state index in [9.17, 15) is 18.3 Å². The zero-order valence-corrected chi connectivity index (χ0v) is 14.1. The number of carboxylic acid groups (broad SMARTS) is 1. The highest BCUT2D eigenvalue weighted by molar-refractivity contribution is 7.89. The van der Waals surface area contributed by atoms with Crippen LogP contribution in [-0.2, 0) is 21.9 Å². The number of nitrogens with zero attached hydrogens (tertiary/aromatic N) is 3. The van der Waals surface area contributed by atoms with Gasteiger partial charge in [0.25, 0.3) is 10.0 Å². The minimum Gasteiger partial charge on any atom is -0.481 e. The van der Waals surface area contributed by atoms with Gasteiger partial charge in [-0.15, -0.1) is 0 Å². The number of carboxylic acids is 1. The van der Waals surface area contributed by atoms with Gasteiger partial charge < -0.3 is 5.11 Å². The molecule has 1 aliphatic heterocycles. The van der Waals surface area contributed by atoms with Crippen LogP contribution in [0.4, 0.5) is 0 Å². The molecule has 2 heterocycles. The van der Waals surface area contributed by atoms with E-state index in [0.717, 1.165) is 12.0 Å². The summed E-state index contributed by atoms with van der Waals surface area (Å²) in [5.74, 6) is -0.784. The zero-order valence-electron chi connectivity index (χ0n) is 13.3. The number of hydrogen-bond donors (Lipinski definition) is 1. The van der Waals surface area contributed by atoms with Crippen LogP contribution in [0.5, 0.6) is 0 Å². The molecule has 0 unspecified atom stereocenters. The minimum atomic E-state index is -3.61. The molecular formula is C15H21N3O4S. The summed E-state index contributed by atoms with van der Waals surface area (Å²) >= 11 is 0. The molecule has 23 heavy (non-hydrogen) atoms. The molecule has 1 aromatic heterocycles. The topological polar surface area (TPSA) is 92.5 Å². The lowest BCUT2D eigenvalue weighted by Gasteiger charge is -2.42. The van der Waals surface area contributed by atoms with Crippen LogP contribution in [0.2, 0.25) is 0 Å². The van der Waals surface area contributed by atoms with Crippen LogP contribution in [0, 0.1) is 12.3 Å². The monoisotopic (exact) mass is 339 g/mol. The van der Waals surface area contributed by atoms with Gasteiger partial charge in [0, 0.05) is 20.1 Å². The fourth-order valence-electron chi connectivity index (χ4n) is 3.47. The Hall–Kier alpha value is -1.67. The van der Waals surface area contributed by atoms with Gasteiger partial charge >= 0.3 is 5.97 Å². The van der Waals surface area contributed by atoms with E-state index in [4.69, 9.17) is 0 Å². The van der Waals surface area contributed by atoms with Crippen LogP contribution in [-0.4, -0.2) is 46.7 Å². The van der Waals surface area contributed by atoms with Gasteiger partial charge in [-0.2, -0.15) is 9.40 Å². The first-order valence-corrected chi connectivity index (χ1v) is 9.15. The number of hydrogen-bond acceptors (Lipinski definition) is 4. The fourth-order valence-corrected chi connectivity index (χ4v) is 5.03. The van der Waals surface area contributed by atoms with Crippen molar-refractivity contribution in [3.05, 3.63) is 23.4 Å². The fraction of sp³-hybridized carbons (Fsp3) is 0.600. The second-order valence-corrected chi connectivity index (χ2v) is 8.22. The smallest absolute Gasteiger partial charge is 0.313 e. The number of sulfonamides is 1. The number of aryl methyl sites for hydroxylation is 2. The van der Waals surface area contributed by atoms with Crippen molar-refractivity contribution in [3.8, 4) is 0 Å². The Morgan fingerprint density at radius 3 is 2.48 bits per heavy atom. The molecule has 126 valence electrons. The molecule has 2 aliphatic rings. The van der Waals surface area contributed by atoms with Crippen molar-refractivity contribution < 1.29 is 18.3 Å². The van der Waals surface area contributed by atoms with E-state index in [-0.39, 0.29) is 11.6 Å². The third-order valence-corrected chi connectivity index (χ3v) is 6.89. The summed E-state index contributed by atoms with van der Waals surface area (Å²) < 4.78 is 28.2. The molecule has 7 nitrogen and oxygen atoms in total. The van der Waals surface area contributed by atoms with Crippen LogP contribution < -0.4 is 0 Å². The number of carbonyl (C=O) groups is 1. The molecule has 0 spiro atoms. The number of aliphatic carboxylic acids is 1. The normalized spacial score (nSPS) is 21.6. The second kappa shape index (κ2) is 5.45. The van der Waals surface area contributed by atoms with Crippen molar-refractivity contribution in [2.75, 3.05) is 13.1 Å². The van der Waals surface area contributed by atoms with Gasteiger partial charge in [-0.3, -0.25) is 9.48 Å². The molecule has 1 N–H and O–H groups in total. The third kappa shape index (κ3) is 2.49. The van der Waals surface area contributed by atoms with Crippen molar-refractivity contribution in [1.82, 2.24) is 14.1 Å². The quantitative estimate of drug-likeness (QED) is 0.835. The number of aromatic nitrogens is 2. The summed E-state index contributed by atoms with van der Waals surface area (Å²) in [4.78, 5) is 11.6. The molecule has 0 atom stereocenters. The van der Waals surface area contributed by atoms with Gasteiger partial charge in [-0.25, -0.2) is 8.42 Å². The van der Waals surface area contributed by atoms with Crippen molar-refractivity contribution in [3.63, 3.8) is 0 Å². The Bertz CT molecular complexity index is 775. The Balaban J connectivity index is 1.83. The highest BCUT2D eigenvalue weighted by atomic mass is 32.2. The maximum absolute atomic E-state index is 12.7. The second-order valence-electron chi connectivity index (χ2n) is 6.33. The van der Waals surface area contributed by atoms with Gasteiger partial charge in [0.1, 0.15) is 0 Å². The molecule has 0 saturated heterocycles. The van der Waals surface area contributed by atoms with E-state index in [2.05, 4.69) is 5.10 Å². The van der Waals surface area contributed by atoms with Crippen LogP contribution in [0.1, 0.15) is 31.4 Å². The lowest BCUT2D eigenvalue weighted by atomic mass is 9.63. The molecule has 8 heteroatoms. The Morgan fingerprint density at radius 1 is 1.39 bits per heavy atom. The van der Waals surface area contributed by atoms with Gasteiger partial charge in [-0.05, 0) is 32.3 Å². The van der Waals surface area contributed by atoms with Crippen LogP contribution in [0.15, 0.2) is 22.7 Å². The summed E-state index contributed by atoms with van der Waals surface area (Å²) in [7, 11) is -2.00. The summed E-state index contributed by atoms with van der Waals surface area (Å²) in [5, 5.41) is 13.8. The summed E-state index contributed by atoms with van der Waals surface area (Å²) in [5.41, 5.74) is 0.779. The molecule has 1 aliphatic carbocycles. The Kier molecular flexibility index (Phi) is 3.84. The summed E-state index contributed by atoms with van der Waals surface area (Å²) in [6, 6.07) is 1.55. The maximum atomic E-state index is 12.7. The molecule has 0 radical (unpaired) electrons. The largest absolute Gasteiger partial charge is 0.481 e. The van der Waals surface area contributed by atoms with Crippen molar-refractivity contribution in [2.45, 2.75) is 37.6 Å². The molecule has 1 saturated carbocycles. The van der Waals surface area contributed by atoms with E-state index in [0.29, 0.717) is 31.5 Å². The SMILES string of the molecule is Cc1cc(S(=O)(=O)N2CC=C(C3(C(=O)O)CCC3)CC2)n(C)n1. The van der Waals surface area contributed by atoms with Crippen molar-refractivity contribution >= 4 is 16.0 Å². The highest BCUT2D eigenvalue weighted by Crippen LogP contribution is 2.49. The minimum absolute atomic E-state index is 0.170. The van der Waals surface area contributed by atoms with E-state index in [1.165, 1.54) is 8.99 Å². The molecule has 3 rings (SSSR count). The first-order chi connectivity index (χ1) is 10.8. The van der Waals surface area contributed by atoms with Crippen molar-refractivity contribution in [1.29, 1.82) is 0 Å². The van der Waals surface area contributed by atoms with E-state index in [1.54, 1.807) is 26.1 Å². The third-order valence-electron chi connectivity index (χ3n) is 4.97. The standard InChI is InChI=1S/C15H21N3O4S/c1-11-10-13(17(2)16-11)23(21,22)18-8-4-12(5-9-18)15(14(19)20)6-3-7-15/h4,10H,3,5-9H2,1-2H3,(H,19,20). The lowest BCUT2D eigenvalue weighted by molar-refractivity contribution is -0.151. The van der Waals surface area contributed by atoms with Gasteiger partial charge in [-0.1, -0.05) is 18.1 Å². The van der Waals surface area contributed by atoms with Crippen molar-refractivity contribution in [2.24, 2.45) is 12.5 Å². The van der Waals surface area contributed by atoms with E-state index in [1.807, 2.05) is 0 Å². The molecular weight excluding hydrogens is 318 g/mol. The Morgan fingerprint density at radius 2 is 2.09 bits per heavy atom. The predicted molar refractivity (Wildman–Crippen MR) is 83.3 cm³/mol. The van der Waals surface area contributed by atoms with Gasteiger partial charge in [0.15, 0.2) is 5.03 Å².